The lowest BCUT2D eigenvalue weighted by Crippen LogP contribution is -2.14. The summed E-state index contributed by atoms with van der Waals surface area (Å²) < 4.78 is 15.8. The minimum atomic E-state index is -0.567. The average Bonchev–Trinajstić information content (AvgIpc) is 2.67. The van der Waals surface area contributed by atoms with Crippen LogP contribution in [0.15, 0.2) is 35.9 Å². The molecule has 2 aromatic rings. The van der Waals surface area contributed by atoms with Gasteiger partial charge in [-0.05, 0) is 42.3 Å². The number of carbonyl (C=O) groups excluding carboxylic acids is 1. The van der Waals surface area contributed by atoms with Crippen molar-refractivity contribution in [3.8, 4) is 23.3 Å². The number of ether oxygens (including phenoxy) is 3. The molecule has 0 aliphatic rings. The van der Waals surface area contributed by atoms with E-state index in [1.165, 1.54) is 27.4 Å². The Morgan fingerprint density at radius 3 is 2.26 bits per heavy atom. The van der Waals surface area contributed by atoms with Crippen LogP contribution in [-0.4, -0.2) is 27.2 Å². The molecule has 6 nitrogen and oxygen atoms in total. The Morgan fingerprint density at radius 2 is 1.78 bits per heavy atom. The molecule has 0 aromatic heterocycles. The third-order valence-electron chi connectivity index (χ3n) is 3.82. The van der Waals surface area contributed by atoms with Gasteiger partial charge >= 0.3 is 0 Å². The predicted octanol–water partition coefficient (Wildman–Crippen LogP) is 4.22. The molecule has 0 heterocycles. The molecule has 140 valence electrons. The molecule has 7 heteroatoms. The predicted molar refractivity (Wildman–Crippen MR) is 105 cm³/mol. The molecule has 27 heavy (non-hydrogen) atoms. The first-order valence-corrected chi connectivity index (χ1v) is 8.31. The van der Waals surface area contributed by atoms with Gasteiger partial charge < -0.3 is 19.5 Å². The van der Waals surface area contributed by atoms with Gasteiger partial charge in [0.2, 0.25) is 5.75 Å². The standard InChI is InChI=1S/C20H19ClN2O4/c1-12-6-5-7-15(21)18(12)23-20(24)14(11-22)8-13-9-16(25-2)19(27-4)17(10-13)26-3/h5-10H,1-4H3,(H,23,24)/b14-8+. The first kappa shape index (κ1) is 20.1. The van der Waals surface area contributed by atoms with Crippen molar-refractivity contribution in [2.45, 2.75) is 6.92 Å². The molecule has 2 rings (SSSR count). The highest BCUT2D eigenvalue weighted by molar-refractivity contribution is 6.34. The number of rotatable bonds is 6. The molecule has 0 aliphatic carbocycles. The first-order chi connectivity index (χ1) is 12.9. The number of hydrogen-bond acceptors (Lipinski definition) is 5. The lowest BCUT2D eigenvalue weighted by molar-refractivity contribution is -0.112. The first-order valence-electron chi connectivity index (χ1n) is 7.93. The van der Waals surface area contributed by atoms with Crippen molar-refractivity contribution < 1.29 is 19.0 Å². The number of anilines is 1. The summed E-state index contributed by atoms with van der Waals surface area (Å²) in [5.41, 5.74) is 1.71. The molecule has 0 unspecified atom stereocenters. The van der Waals surface area contributed by atoms with E-state index >= 15 is 0 Å². The molecule has 1 amide bonds. The quantitative estimate of drug-likeness (QED) is 0.593. The van der Waals surface area contributed by atoms with E-state index < -0.39 is 5.91 Å². The van der Waals surface area contributed by atoms with Gasteiger partial charge in [0.15, 0.2) is 11.5 Å². The van der Waals surface area contributed by atoms with E-state index in [9.17, 15) is 10.1 Å². The highest BCUT2D eigenvalue weighted by Crippen LogP contribution is 2.38. The molecule has 0 aliphatic heterocycles. The average molecular weight is 387 g/mol. The van der Waals surface area contributed by atoms with Crippen LogP contribution in [0.25, 0.3) is 6.08 Å². The van der Waals surface area contributed by atoms with Crippen molar-refractivity contribution in [3.05, 3.63) is 52.1 Å². The zero-order chi connectivity index (χ0) is 20.0. The lowest BCUT2D eigenvalue weighted by atomic mass is 10.1. The van der Waals surface area contributed by atoms with Crippen LogP contribution in [0.3, 0.4) is 0 Å². The normalized spacial score (nSPS) is 10.7. The van der Waals surface area contributed by atoms with E-state index in [-0.39, 0.29) is 5.57 Å². The number of para-hydroxylation sites is 1. The van der Waals surface area contributed by atoms with Gasteiger partial charge in [-0.1, -0.05) is 23.7 Å². The summed E-state index contributed by atoms with van der Waals surface area (Å²) in [7, 11) is 4.47. The van der Waals surface area contributed by atoms with E-state index in [1.54, 1.807) is 24.3 Å². The lowest BCUT2D eigenvalue weighted by Gasteiger charge is -2.13. The maximum Gasteiger partial charge on any atom is 0.266 e. The van der Waals surface area contributed by atoms with Gasteiger partial charge in [0.25, 0.3) is 5.91 Å². The molecular weight excluding hydrogens is 368 g/mol. The molecule has 0 bridgehead atoms. The Morgan fingerprint density at radius 1 is 1.15 bits per heavy atom. The van der Waals surface area contributed by atoms with Gasteiger partial charge in [0.05, 0.1) is 32.0 Å². The van der Waals surface area contributed by atoms with Crippen molar-refractivity contribution in [3.63, 3.8) is 0 Å². The fourth-order valence-electron chi connectivity index (χ4n) is 2.47. The summed E-state index contributed by atoms with van der Waals surface area (Å²) in [6, 6.07) is 10.5. The minimum absolute atomic E-state index is 0.0939. The fraction of sp³-hybridized carbons (Fsp3) is 0.200. The van der Waals surface area contributed by atoms with Gasteiger partial charge in [0, 0.05) is 0 Å². The Labute approximate surface area is 162 Å². The number of halogens is 1. The second-order valence-electron chi connectivity index (χ2n) is 5.51. The third kappa shape index (κ3) is 4.52. The van der Waals surface area contributed by atoms with Crippen molar-refractivity contribution in [2.24, 2.45) is 0 Å². The highest BCUT2D eigenvalue weighted by atomic mass is 35.5. The molecule has 0 atom stereocenters. The highest BCUT2D eigenvalue weighted by Gasteiger charge is 2.16. The van der Waals surface area contributed by atoms with Crippen LogP contribution in [0.4, 0.5) is 5.69 Å². The van der Waals surface area contributed by atoms with Crippen LogP contribution in [0, 0.1) is 18.3 Å². The van der Waals surface area contributed by atoms with Gasteiger partial charge in [-0.3, -0.25) is 4.79 Å². The zero-order valence-corrected chi connectivity index (χ0v) is 16.2. The smallest absolute Gasteiger partial charge is 0.266 e. The van der Waals surface area contributed by atoms with Crippen molar-refractivity contribution in [1.82, 2.24) is 0 Å². The number of hydrogen-bond donors (Lipinski definition) is 1. The molecular formula is C20H19ClN2O4. The SMILES string of the molecule is COc1cc(/C=C(\C#N)C(=O)Nc2c(C)cccc2Cl)cc(OC)c1OC. The van der Waals surface area contributed by atoms with Crippen molar-refractivity contribution in [1.29, 1.82) is 5.26 Å². The van der Waals surface area contributed by atoms with Crippen LogP contribution in [0.1, 0.15) is 11.1 Å². The van der Waals surface area contributed by atoms with Gasteiger partial charge in [-0.25, -0.2) is 0 Å². The molecule has 0 saturated heterocycles. The molecule has 2 aromatic carbocycles. The molecule has 0 fully saturated rings. The van der Waals surface area contributed by atoms with Crippen LogP contribution < -0.4 is 19.5 Å². The second kappa shape index (κ2) is 8.97. The number of benzene rings is 2. The van der Waals surface area contributed by atoms with Crippen LogP contribution in [0.2, 0.25) is 5.02 Å². The topological polar surface area (TPSA) is 80.6 Å². The van der Waals surface area contributed by atoms with Crippen LogP contribution in [-0.2, 0) is 4.79 Å². The summed E-state index contributed by atoms with van der Waals surface area (Å²) in [6.45, 7) is 1.82. The summed E-state index contributed by atoms with van der Waals surface area (Å²) in [6.07, 6.45) is 1.44. The Kier molecular flexibility index (Phi) is 6.69. The number of aryl methyl sites for hydroxylation is 1. The Balaban J connectivity index is 2.41. The fourth-order valence-corrected chi connectivity index (χ4v) is 2.74. The monoisotopic (exact) mass is 386 g/mol. The van der Waals surface area contributed by atoms with E-state index in [1.807, 2.05) is 19.1 Å². The summed E-state index contributed by atoms with van der Waals surface area (Å²) in [5, 5.41) is 12.5. The largest absolute Gasteiger partial charge is 0.493 e. The van der Waals surface area contributed by atoms with E-state index in [0.717, 1.165) is 5.56 Å². The summed E-state index contributed by atoms with van der Waals surface area (Å²) in [4.78, 5) is 12.5. The second-order valence-corrected chi connectivity index (χ2v) is 5.92. The van der Waals surface area contributed by atoms with Crippen molar-refractivity contribution >= 4 is 29.3 Å². The van der Waals surface area contributed by atoms with Crippen LogP contribution in [0.5, 0.6) is 17.2 Å². The van der Waals surface area contributed by atoms with Crippen LogP contribution >= 0.6 is 11.6 Å². The van der Waals surface area contributed by atoms with Gasteiger partial charge in [0.1, 0.15) is 11.6 Å². The molecule has 0 saturated carbocycles. The summed E-state index contributed by atoms with van der Waals surface area (Å²) in [5.74, 6) is 0.694. The third-order valence-corrected chi connectivity index (χ3v) is 4.14. The number of amides is 1. The number of nitrogens with one attached hydrogen (secondary N) is 1. The molecule has 0 spiro atoms. The Bertz CT molecular complexity index is 887. The number of methoxy groups -OCH3 is 3. The number of nitriles is 1. The van der Waals surface area contributed by atoms with Gasteiger partial charge in [-0.2, -0.15) is 5.26 Å². The zero-order valence-electron chi connectivity index (χ0n) is 15.4. The number of nitrogens with zero attached hydrogens (tertiary/aromatic N) is 1. The maximum absolute atomic E-state index is 12.5. The molecule has 1 N–H and O–H groups in total. The minimum Gasteiger partial charge on any atom is -0.493 e. The maximum atomic E-state index is 12.5. The van der Waals surface area contributed by atoms with Crippen molar-refractivity contribution in [2.75, 3.05) is 26.6 Å². The summed E-state index contributed by atoms with van der Waals surface area (Å²) >= 11 is 6.13. The van der Waals surface area contributed by atoms with Gasteiger partial charge in [-0.15, -0.1) is 0 Å². The van der Waals surface area contributed by atoms with E-state index in [0.29, 0.717) is 33.5 Å². The number of carbonyl (C=O) groups is 1. The van der Waals surface area contributed by atoms with E-state index in [4.69, 9.17) is 25.8 Å². The Hall–Kier alpha value is -3.17. The molecule has 0 radical (unpaired) electrons. The van der Waals surface area contributed by atoms with E-state index in [2.05, 4.69) is 5.32 Å².